The van der Waals surface area contributed by atoms with Gasteiger partial charge in [-0.15, -0.1) is 0 Å². The van der Waals surface area contributed by atoms with Crippen LogP contribution in [-0.2, 0) is 9.59 Å². The van der Waals surface area contributed by atoms with Gasteiger partial charge in [0.05, 0.1) is 23.3 Å². The SMILES string of the molecule is O=C(O)C1CCCC(C(=O)N2CCN(C(=O)c3ccc4nc[nH]c4c3)CC2)C1. The normalized spacial score (nSPS) is 23.0. The third-order valence-corrected chi connectivity index (χ3v) is 5.92. The standard InChI is InChI=1S/C20H24N4O4/c25-18(13-2-1-3-15(10-13)20(27)28)23-6-8-24(9-7-23)19(26)14-4-5-16-17(11-14)22-12-21-16/h4-5,11-13,15H,1-3,6-10H2,(H,21,22)(H,27,28). The van der Waals surface area contributed by atoms with E-state index in [2.05, 4.69) is 9.97 Å². The van der Waals surface area contributed by atoms with E-state index >= 15 is 0 Å². The number of carboxylic acids is 1. The number of aromatic nitrogens is 2. The van der Waals surface area contributed by atoms with E-state index in [4.69, 9.17) is 0 Å². The molecule has 1 aromatic carbocycles. The van der Waals surface area contributed by atoms with Crippen molar-refractivity contribution in [2.24, 2.45) is 11.8 Å². The fourth-order valence-electron chi connectivity index (χ4n) is 4.28. The number of aromatic amines is 1. The molecule has 4 rings (SSSR count). The van der Waals surface area contributed by atoms with Crippen LogP contribution in [0.4, 0.5) is 0 Å². The first-order valence-electron chi connectivity index (χ1n) is 9.77. The van der Waals surface area contributed by atoms with Crippen molar-refractivity contribution in [3.8, 4) is 0 Å². The van der Waals surface area contributed by atoms with Crippen molar-refractivity contribution in [1.82, 2.24) is 19.8 Å². The molecule has 1 saturated carbocycles. The molecule has 28 heavy (non-hydrogen) atoms. The van der Waals surface area contributed by atoms with E-state index in [1.54, 1.807) is 28.3 Å². The Labute approximate surface area is 162 Å². The van der Waals surface area contributed by atoms with Crippen LogP contribution in [-0.4, -0.2) is 68.8 Å². The highest BCUT2D eigenvalue weighted by Gasteiger charge is 2.34. The van der Waals surface area contributed by atoms with Crippen LogP contribution in [0.5, 0.6) is 0 Å². The molecule has 0 bridgehead atoms. The van der Waals surface area contributed by atoms with Gasteiger partial charge in [0, 0.05) is 37.7 Å². The molecule has 148 valence electrons. The molecule has 0 spiro atoms. The lowest BCUT2D eigenvalue weighted by molar-refractivity contribution is -0.146. The Morgan fingerprint density at radius 3 is 2.50 bits per heavy atom. The van der Waals surface area contributed by atoms with Crippen molar-refractivity contribution >= 4 is 28.8 Å². The molecule has 1 saturated heterocycles. The van der Waals surface area contributed by atoms with Crippen molar-refractivity contribution in [2.45, 2.75) is 25.7 Å². The average molecular weight is 384 g/mol. The van der Waals surface area contributed by atoms with Crippen molar-refractivity contribution in [3.05, 3.63) is 30.1 Å². The minimum atomic E-state index is -0.804. The molecule has 1 aliphatic carbocycles. The van der Waals surface area contributed by atoms with E-state index in [0.717, 1.165) is 23.9 Å². The summed E-state index contributed by atoms with van der Waals surface area (Å²) in [5.41, 5.74) is 2.25. The van der Waals surface area contributed by atoms with E-state index in [-0.39, 0.29) is 17.7 Å². The van der Waals surface area contributed by atoms with Crippen LogP contribution < -0.4 is 0 Å². The Morgan fingerprint density at radius 2 is 1.75 bits per heavy atom. The maximum Gasteiger partial charge on any atom is 0.306 e. The number of rotatable bonds is 3. The lowest BCUT2D eigenvalue weighted by Crippen LogP contribution is -2.52. The first-order chi connectivity index (χ1) is 13.5. The number of carboxylic acid groups (broad SMARTS) is 1. The van der Waals surface area contributed by atoms with Gasteiger partial charge in [-0.2, -0.15) is 0 Å². The molecule has 2 atom stereocenters. The van der Waals surface area contributed by atoms with Crippen LogP contribution in [0.15, 0.2) is 24.5 Å². The quantitative estimate of drug-likeness (QED) is 0.838. The molecule has 2 amide bonds. The molecule has 2 fully saturated rings. The third-order valence-electron chi connectivity index (χ3n) is 5.92. The molecule has 1 aromatic heterocycles. The molecular formula is C20H24N4O4. The molecule has 8 nitrogen and oxygen atoms in total. The van der Waals surface area contributed by atoms with Crippen LogP contribution in [0, 0.1) is 11.8 Å². The van der Waals surface area contributed by atoms with Gasteiger partial charge in [-0.3, -0.25) is 14.4 Å². The molecule has 2 aromatic rings. The summed E-state index contributed by atoms with van der Waals surface area (Å²) in [6.45, 7) is 1.96. The van der Waals surface area contributed by atoms with Gasteiger partial charge in [0.25, 0.3) is 5.91 Å². The second-order valence-corrected chi connectivity index (χ2v) is 7.65. The van der Waals surface area contributed by atoms with E-state index in [0.29, 0.717) is 44.6 Å². The zero-order chi connectivity index (χ0) is 19.7. The number of aliphatic carboxylic acids is 1. The Bertz CT molecular complexity index is 900. The first kappa shape index (κ1) is 18.5. The van der Waals surface area contributed by atoms with E-state index in [9.17, 15) is 19.5 Å². The Kier molecular flexibility index (Phi) is 5.02. The van der Waals surface area contributed by atoms with E-state index in [1.165, 1.54) is 0 Å². The number of carbonyl (C=O) groups excluding carboxylic acids is 2. The smallest absolute Gasteiger partial charge is 0.306 e. The molecule has 2 N–H and O–H groups in total. The molecule has 0 radical (unpaired) electrons. The van der Waals surface area contributed by atoms with Crippen molar-refractivity contribution in [2.75, 3.05) is 26.2 Å². The highest BCUT2D eigenvalue weighted by Crippen LogP contribution is 2.31. The van der Waals surface area contributed by atoms with Gasteiger partial charge in [-0.1, -0.05) is 6.42 Å². The predicted octanol–water partition coefficient (Wildman–Crippen LogP) is 1.74. The molecule has 8 heteroatoms. The van der Waals surface area contributed by atoms with Crippen molar-refractivity contribution in [1.29, 1.82) is 0 Å². The summed E-state index contributed by atoms with van der Waals surface area (Å²) in [6, 6.07) is 5.40. The van der Waals surface area contributed by atoms with Crippen molar-refractivity contribution < 1.29 is 19.5 Å². The number of fused-ring (bicyclic) bond motifs is 1. The monoisotopic (exact) mass is 384 g/mol. The lowest BCUT2D eigenvalue weighted by atomic mass is 9.80. The number of imidazole rings is 1. The molecule has 2 aliphatic rings. The second-order valence-electron chi connectivity index (χ2n) is 7.65. The van der Waals surface area contributed by atoms with Gasteiger partial charge in [0.15, 0.2) is 0 Å². The van der Waals surface area contributed by atoms with Gasteiger partial charge >= 0.3 is 5.97 Å². The van der Waals surface area contributed by atoms with Crippen LogP contribution >= 0.6 is 0 Å². The summed E-state index contributed by atoms with van der Waals surface area (Å²) in [6.07, 6.45) is 4.22. The van der Waals surface area contributed by atoms with Gasteiger partial charge in [-0.05, 0) is 37.5 Å². The number of carbonyl (C=O) groups is 3. The highest BCUT2D eigenvalue weighted by atomic mass is 16.4. The number of nitrogens with one attached hydrogen (secondary N) is 1. The van der Waals surface area contributed by atoms with Crippen molar-refractivity contribution in [3.63, 3.8) is 0 Å². The lowest BCUT2D eigenvalue weighted by Gasteiger charge is -2.37. The summed E-state index contributed by atoms with van der Waals surface area (Å²) in [4.78, 5) is 47.6. The van der Waals surface area contributed by atoms with Gasteiger partial charge < -0.3 is 19.9 Å². The summed E-state index contributed by atoms with van der Waals surface area (Å²) in [5.74, 6) is -1.44. The summed E-state index contributed by atoms with van der Waals surface area (Å²) >= 11 is 0. The molecule has 2 heterocycles. The number of amides is 2. The fraction of sp³-hybridized carbons (Fsp3) is 0.500. The van der Waals surface area contributed by atoms with E-state index in [1.807, 2.05) is 6.07 Å². The molecule has 1 aliphatic heterocycles. The number of nitrogens with zero attached hydrogens (tertiary/aromatic N) is 3. The predicted molar refractivity (Wildman–Crippen MR) is 102 cm³/mol. The topological polar surface area (TPSA) is 107 Å². The Morgan fingerprint density at radius 1 is 1.04 bits per heavy atom. The third kappa shape index (κ3) is 3.58. The summed E-state index contributed by atoms with van der Waals surface area (Å²) in [5, 5.41) is 9.23. The zero-order valence-electron chi connectivity index (χ0n) is 15.6. The number of piperazine rings is 1. The van der Waals surface area contributed by atoms with E-state index < -0.39 is 11.9 Å². The number of H-pyrrole nitrogens is 1. The minimum Gasteiger partial charge on any atom is -0.481 e. The number of benzene rings is 1. The Hall–Kier alpha value is -2.90. The molecular weight excluding hydrogens is 360 g/mol. The van der Waals surface area contributed by atoms with Crippen LogP contribution in [0.1, 0.15) is 36.0 Å². The second kappa shape index (κ2) is 7.61. The fourth-order valence-corrected chi connectivity index (χ4v) is 4.28. The summed E-state index contributed by atoms with van der Waals surface area (Å²) in [7, 11) is 0. The number of hydrogen-bond acceptors (Lipinski definition) is 4. The maximum absolute atomic E-state index is 12.8. The summed E-state index contributed by atoms with van der Waals surface area (Å²) < 4.78 is 0. The van der Waals surface area contributed by atoms with Crippen LogP contribution in [0.25, 0.3) is 11.0 Å². The zero-order valence-corrected chi connectivity index (χ0v) is 15.6. The Balaban J connectivity index is 1.35. The number of hydrogen-bond donors (Lipinski definition) is 2. The van der Waals surface area contributed by atoms with Crippen LogP contribution in [0.2, 0.25) is 0 Å². The average Bonchev–Trinajstić information content (AvgIpc) is 3.20. The molecule has 2 unspecified atom stereocenters. The maximum atomic E-state index is 12.8. The largest absolute Gasteiger partial charge is 0.481 e. The first-order valence-corrected chi connectivity index (χ1v) is 9.77. The van der Waals surface area contributed by atoms with Gasteiger partial charge in [0.2, 0.25) is 5.91 Å². The van der Waals surface area contributed by atoms with Crippen LogP contribution in [0.3, 0.4) is 0 Å². The highest BCUT2D eigenvalue weighted by molar-refractivity contribution is 5.97. The van der Waals surface area contributed by atoms with Gasteiger partial charge in [0.1, 0.15) is 0 Å². The minimum absolute atomic E-state index is 0.0388. The van der Waals surface area contributed by atoms with Gasteiger partial charge in [-0.25, -0.2) is 4.98 Å².